The standard InChI is InChI=1S/C13H16INO/c14-11-6-2-3-7-12(11)15-9-10-5-1-4-8-13(10)16/h2-3,6-7,10,15H,1,4-5,8-9H2. The minimum Gasteiger partial charge on any atom is -0.383 e. The van der Waals surface area contributed by atoms with Crippen molar-refractivity contribution < 1.29 is 4.79 Å². The molecular formula is C13H16INO. The van der Waals surface area contributed by atoms with E-state index < -0.39 is 0 Å². The molecule has 86 valence electrons. The third-order valence-electron chi connectivity index (χ3n) is 3.09. The zero-order valence-electron chi connectivity index (χ0n) is 9.21. The molecular weight excluding hydrogens is 313 g/mol. The molecule has 1 fully saturated rings. The lowest BCUT2D eigenvalue weighted by Crippen LogP contribution is -2.26. The summed E-state index contributed by atoms with van der Waals surface area (Å²) >= 11 is 2.31. The zero-order chi connectivity index (χ0) is 11.4. The van der Waals surface area contributed by atoms with E-state index in [0.29, 0.717) is 5.78 Å². The van der Waals surface area contributed by atoms with E-state index in [1.807, 2.05) is 12.1 Å². The maximum absolute atomic E-state index is 11.7. The Bertz CT molecular complexity index is 378. The zero-order valence-corrected chi connectivity index (χ0v) is 11.4. The second-order valence-corrected chi connectivity index (χ2v) is 5.43. The first-order chi connectivity index (χ1) is 7.77. The number of benzene rings is 1. The van der Waals surface area contributed by atoms with Crippen LogP contribution in [0, 0.1) is 9.49 Å². The van der Waals surface area contributed by atoms with Crippen molar-refractivity contribution in [2.75, 3.05) is 11.9 Å². The van der Waals surface area contributed by atoms with Crippen molar-refractivity contribution in [1.29, 1.82) is 0 Å². The molecule has 0 aromatic heterocycles. The van der Waals surface area contributed by atoms with Crippen LogP contribution in [0.15, 0.2) is 24.3 Å². The molecule has 0 spiro atoms. The van der Waals surface area contributed by atoms with Gasteiger partial charge in [-0.15, -0.1) is 0 Å². The second kappa shape index (κ2) is 5.66. The SMILES string of the molecule is O=C1CCCCC1CNc1ccccc1I. The number of carbonyl (C=O) groups is 1. The molecule has 1 unspecified atom stereocenters. The van der Waals surface area contributed by atoms with Crippen LogP contribution in [0.1, 0.15) is 25.7 Å². The van der Waals surface area contributed by atoms with Gasteiger partial charge in [0.25, 0.3) is 0 Å². The Hall–Kier alpha value is -0.580. The van der Waals surface area contributed by atoms with Crippen molar-refractivity contribution in [3.05, 3.63) is 27.8 Å². The van der Waals surface area contributed by atoms with E-state index in [1.165, 1.54) is 9.99 Å². The van der Waals surface area contributed by atoms with Gasteiger partial charge in [0.1, 0.15) is 5.78 Å². The summed E-state index contributed by atoms with van der Waals surface area (Å²) in [5.74, 6) is 0.662. The molecule has 1 aliphatic carbocycles. The maximum atomic E-state index is 11.7. The normalized spacial score (nSPS) is 20.8. The van der Waals surface area contributed by atoms with Gasteiger partial charge in [-0.1, -0.05) is 18.6 Å². The van der Waals surface area contributed by atoms with Crippen molar-refractivity contribution in [2.24, 2.45) is 5.92 Å². The predicted molar refractivity (Wildman–Crippen MR) is 74.6 cm³/mol. The number of Topliss-reactive ketones (excluding diaryl/α,β-unsaturated/α-hetero) is 1. The summed E-state index contributed by atoms with van der Waals surface area (Å²) in [6.45, 7) is 0.791. The van der Waals surface area contributed by atoms with Crippen LogP contribution in [-0.2, 0) is 4.79 Å². The summed E-state index contributed by atoms with van der Waals surface area (Å²) in [6, 6.07) is 8.19. The molecule has 0 heterocycles. The van der Waals surface area contributed by atoms with Gasteiger partial charge in [-0.05, 0) is 47.6 Å². The number of rotatable bonds is 3. The van der Waals surface area contributed by atoms with Gasteiger partial charge in [-0.2, -0.15) is 0 Å². The third-order valence-corrected chi connectivity index (χ3v) is 4.03. The molecule has 1 N–H and O–H groups in total. The fourth-order valence-corrected chi connectivity index (χ4v) is 2.69. The van der Waals surface area contributed by atoms with E-state index in [0.717, 1.165) is 31.5 Å². The van der Waals surface area contributed by atoms with Gasteiger partial charge in [0.15, 0.2) is 0 Å². The lowest BCUT2D eigenvalue weighted by atomic mass is 9.88. The molecule has 1 aliphatic rings. The number of para-hydroxylation sites is 1. The lowest BCUT2D eigenvalue weighted by Gasteiger charge is -2.21. The first kappa shape index (κ1) is 11.9. The summed E-state index contributed by atoms with van der Waals surface area (Å²) in [5, 5.41) is 3.38. The van der Waals surface area contributed by atoms with Gasteiger partial charge in [0, 0.05) is 28.1 Å². The van der Waals surface area contributed by atoms with Crippen LogP contribution in [0.3, 0.4) is 0 Å². The summed E-state index contributed by atoms with van der Waals surface area (Å²) in [5.41, 5.74) is 1.14. The molecule has 3 heteroatoms. The molecule has 0 amide bonds. The number of anilines is 1. The molecule has 1 saturated carbocycles. The average Bonchev–Trinajstić information content (AvgIpc) is 2.30. The van der Waals surface area contributed by atoms with E-state index in [1.54, 1.807) is 0 Å². The van der Waals surface area contributed by atoms with Crippen LogP contribution >= 0.6 is 22.6 Å². The smallest absolute Gasteiger partial charge is 0.137 e. The van der Waals surface area contributed by atoms with Crippen LogP contribution in [0.5, 0.6) is 0 Å². The van der Waals surface area contributed by atoms with Crippen molar-refractivity contribution in [1.82, 2.24) is 0 Å². The molecule has 2 rings (SSSR count). The fraction of sp³-hybridized carbons (Fsp3) is 0.462. The summed E-state index contributed by atoms with van der Waals surface area (Å²) < 4.78 is 1.21. The van der Waals surface area contributed by atoms with Crippen LogP contribution in [0.4, 0.5) is 5.69 Å². The summed E-state index contributed by atoms with van der Waals surface area (Å²) in [4.78, 5) is 11.7. The fourth-order valence-electron chi connectivity index (χ4n) is 2.11. The van der Waals surface area contributed by atoms with Gasteiger partial charge in [0.2, 0.25) is 0 Å². The highest BCUT2D eigenvalue weighted by molar-refractivity contribution is 14.1. The highest BCUT2D eigenvalue weighted by atomic mass is 127. The van der Waals surface area contributed by atoms with Crippen molar-refractivity contribution in [3.63, 3.8) is 0 Å². The Labute approximate surface area is 110 Å². The van der Waals surface area contributed by atoms with Crippen molar-refractivity contribution >= 4 is 34.1 Å². The number of hydrogen-bond acceptors (Lipinski definition) is 2. The van der Waals surface area contributed by atoms with E-state index in [4.69, 9.17) is 0 Å². The minimum absolute atomic E-state index is 0.227. The Kier molecular flexibility index (Phi) is 4.21. The highest BCUT2D eigenvalue weighted by Crippen LogP contribution is 2.22. The molecule has 16 heavy (non-hydrogen) atoms. The molecule has 1 aromatic rings. The van der Waals surface area contributed by atoms with Crippen LogP contribution < -0.4 is 5.32 Å². The Balaban J connectivity index is 1.92. The molecule has 0 aliphatic heterocycles. The number of halogens is 1. The van der Waals surface area contributed by atoms with Gasteiger partial charge < -0.3 is 5.32 Å². The average molecular weight is 329 g/mol. The van der Waals surface area contributed by atoms with Crippen LogP contribution in [0.2, 0.25) is 0 Å². The Morgan fingerprint density at radius 2 is 2.12 bits per heavy atom. The molecule has 0 radical (unpaired) electrons. The lowest BCUT2D eigenvalue weighted by molar-refractivity contribution is -0.124. The Morgan fingerprint density at radius 3 is 2.88 bits per heavy atom. The van der Waals surface area contributed by atoms with Gasteiger partial charge >= 0.3 is 0 Å². The number of hydrogen-bond donors (Lipinski definition) is 1. The van der Waals surface area contributed by atoms with Gasteiger partial charge in [-0.25, -0.2) is 0 Å². The molecule has 1 aromatic carbocycles. The van der Waals surface area contributed by atoms with Gasteiger partial charge in [0.05, 0.1) is 0 Å². The summed E-state index contributed by atoms with van der Waals surface area (Å²) in [6.07, 6.45) is 4.11. The van der Waals surface area contributed by atoms with Crippen molar-refractivity contribution in [3.8, 4) is 0 Å². The quantitative estimate of drug-likeness (QED) is 0.861. The number of ketones is 1. The second-order valence-electron chi connectivity index (χ2n) is 4.27. The van der Waals surface area contributed by atoms with E-state index in [9.17, 15) is 4.79 Å². The Morgan fingerprint density at radius 1 is 1.31 bits per heavy atom. The first-order valence-electron chi connectivity index (χ1n) is 5.78. The largest absolute Gasteiger partial charge is 0.383 e. The van der Waals surface area contributed by atoms with Crippen LogP contribution in [-0.4, -0.2) is 12.3 Å². The van der Waals surface area contributed by atoms with Crippen molar-refractivity contribution in [2.45, 2.75) is 25.7 Å². The van der Waals surface area contributed by atoms with E-state index in [2.05, 4.69) is 40.0 Å². The van der Waals surface area contributed by atoms with E-state index in [-0.39, 0.29) is 5.92 Å². The summed E-state index contributed by atoms with van der Waals surface area (Å²) in [7, 11) is 0. The van der Waals surface area contributed by atoms with Gasteiger partial charge in [-0.3, -0.25) is 4.79 Å². The first-order valence-corrected chi connectivity index (χ1v) is 6.86. The monoisotopic (exact) mass is 329 g/mol. The molecule has 0 bridgehead atoms. The minimum atomic E-state index is 0.227. The highest BCUT2D eigenvalue weighted by Gasteiger charge is 2.21. The molecule has 0 saturated heterocycles. The maximum Gasteiger partial charge on any atom is 0.137 e. The molecule has 1 atom stereocenters. The van der Waals surface area contributed by atoms with Crippen LogP contribution in [0.25, 0.3) is 0 Å². The van der Waals surface area contributed by atoms with E-state index >= 15 is 0 Å². The predicted octanol–water partition coefficient (Wildman–Crippen LogP) is 3.46. The third kappa shape index (κ3) is 2.97. The topological polar surface area (TPSA) is 29.1 Å². The molecule has 2 nitrogen and oxygen atoms in total. The number of nitrogens with one attached hydrogen (secondary N) is 1. The number of carbonyl (C=O) groups excluding carboxylic acids is 1.